The van der Waals surface area contributed by atoms with Gasteiger partial charge in [-0.25, -0.2) is 0 Å². The van der Waals surface area contributed by atoms with Crippen LogP contribution in [-0.2, 0) is 4.74 Å². The van der Waals surface area contributed by atoms with Gasteiger partial charge in [0.2, 0.25) is 0 Å². The van der Waals surface area contributed by atoms with E-state index in [1.54, 1.807) is 7.11 Å². The Morgan fingerprint density at radius 3 is 2.71 bits per heavy atom. The van der Waals surface area contributed by atoms with Gasteiger partial charge < -0.3 is 14.5 Å². The highest BCUT2D eigenvalue weighted by Gasteiger charge is 2.32. The lowest BCUT2D eigenvalue weighted by atomic mass is 10.1. The van der Waals surface area contributed by atoms with Gasteiger partial charge in [0.05, 0.1) is 12.6 Å². The lowest BCUT2D eigenvalue weighted by Crippen LogP contribution is -2.39. The largest absolute Gasteiger partial charge is 0.451 e. The van der Waals surface area contributed by atoms with Gasteiger partial charge in [0.15, 0.2) is 5.76 Å². The number of rotatable bonds is 5. The number of carbonyl (C=O) groups is 1. The third-order valence-electron chi connectivity index (χ3n) is 4.21. The topological polar surface area (TPSA) is 51.5 Å². The minimum atomic E-state index is -0.157. The molecule has 1 amide bonds. The molecule has 1 N–H and O–H groups in total. The van der Waals surface area contributed by atoms with Crippen LogP contribution in [0.2, 0.25) is 0 Å². The number of benzene rings is 1. The van der Waals surface area contributed by atoms with Gasteiger partial charge in [-0.2, -0.15) is 0 Å². The molecule has 1 atom stereocenters. The molecule has 0 aliphatic heterocycles. The Hall–Kier alpha value is -1.81. The second-order valence-electron chi connectivity index (χ2n) is 5.96. The zero-order valence-corrected chi connectivity index (χ0v) is 12.7. The molecule has 112 valence electrons. The van der Waals surface area contributed by atoms with E-state index in [0.717, 1.165) is 23.8 Å². The van der Waals surface area contributed by atoms with Crippen LogP contribution in [0, 0.1) is 19.8 Å². The average Bonchev–Trinajstić information content (AvgIpc) is 3.21. The van der Waals surface area contributed by atoms with Gasteiger partial charge in [-0.15, -0.1) is 0 Å². The van der Waals surface area contributed by atoms with E-state index in [4.69, 9.17) is 9.15 Å². The predicted molar refractivity (Wildman–Crippen MR) is 81.5 cm³/mol. The summed E-state index contributed by atoms with van der Waals surface area (Å²) < 4.78 is 10.9. The zero-order chi connectivity index (χ0) is 15.0. The SMILES string of the molecule is COCC(NC(=O)c1cc2cc(C)c(C)cc2o1)C1CC1. The number of aryl methyl sites for hydroxylation is 2. The molecule has 1 heterocycles. The molecule has 4 heteroatoms. The van der Waals surface area contributed by atoms with Crippen molar-refractivity contribution >= 4 is 16.9 Å². The van der Waals surface area contributed by atoms with Crippen molar-refractivity contribution in [1.29, 1.82) is 0 Å². The Labute approximate surface area is 124 Å². The molecule has 1 fully saturated rings. The van der Waals surface area contributed by atoms with Crippen LogP contribution in [0.25, 0.3) is 11.0 Å². The van der Waals surface area contributed by atoms with Crippen LogP contribution in [0.3, 0.4) is 0 Å². The van der Waals surface area contributed by atoms with E-state index in [1.165, 1.54) is 11.1 Å². The highest BCUT2D eigenvalue weighted by molar-refractivity contribution is 5.96. The molecule has 0 radical (unpaired) electrons. The van der Waals surface area contributed by atoms with Crippen molar-refractivity contribution in [2.24, 2.45) is 5.92 Å². The summed E-state index contributed by atoms with van der Waals surface area (Å²) in [5.74, 6) is 0.759. The van der Waals surface area contributed by atoms with E-state index >= 15 is 0 Å². The summed E-state index contributed by atoms with van der Waals surface area (Å²) in [7, 11) is 1.66. The van der Waals surface area contributed by atoms with Gasteiger partial charge in [-0.05, 0) is 61.9 Å². The summed E-state index contributed by atoms with van der Waals surface area (Å²) in [5, 5.41) is 4.00. The summed E-state index contributed by atoms with van der Waals surface area (Å²) in [6.45, 7) is 4.65. The lowest BCUT2D eigenvalue weighted by Gasteiger charge is -2.16. The highest BCUT2D eigenvalue weighted by atomic mass is 16.5. The molecular formula is C17H21NO3. The molecular weight excluding hydrogens is 266 g/mol. The second kappa shape index (κ2) is 5.53. The molecule has 1 saturated carbocycles. The molecule has 21 heavy (non-hydrogen) atoms. The number of furan rings is 1. The van der Waals surface area contributed by atoms with Crippen LogP contribution < -0.4 is 5.32 Å². The van der Waals surface area contributed by atoms with E-state index in [1.807, 2.05) is 19.1 Å². The predicted octanol–water partition coefficient (Wildman–Crippen LogP) is 3.20. The number of methoxy groups -OCH3 is 1. The van der Waals surface area contributed by atoms with Crippen LogP contribution in [0.15, 0.2) is 22.6 Å². The fourth-order valence-electron chi connectivity index (χ4n) is 2.63. The quantitative estimate of drug-likeness (QED) is 0.918. The van der Waals surface area contributed by atoms with E-state index in [9.17, 15) is 4.79 Å². The van der Waals surface area contributed by atoms with Gasteiger partial charge in [0.1, 0.15) is 5.58 Å². The first-order valence-electron chi connectivity index (χ1n) is 7.39. The Bertz CT molecular complexity index is 631. The van der Waals surface area contributed by atoms with Gasteiger partial charge in [0.25, 0.3) is 5.91 Å². The summed E-state index contributed by atoms with van der Waals surface area (Å²) in [5.41, 5.74) is 3.13. The number of nitrogens with one attached hydrogen (secondary N) is 1. The summed E-state index contributed by atoms with van der Waals surface area (Å²) in [4.78, 5) is 12.3. The molecule has 1 unspecified atom stereocenters. The van der Waals surface area contributed by atoms with E-state index in [0.29, 0.717) is 18.3 Å². The van der Waals surface area contributed by atoms with E-state index in [-0.39, 0.29) is 11.9 Å². The maximum absolute atomic E-state index is 12.3. The van der Waals surface area contributed by atoms with Crippen LogP contribution in [0.1, 0.15) is 34.5 Å². The van der Waals surface area contributed by atoms with Gasteiger partial charge >= 0.3 is 0 Å². The van der Waals surface area contributed by atoms with Crippen LogP contribution in [0.5, 0.6) is 0 Å². The fraction of sp³-hybridized carbons (Fsp3) is 0.471. The monoisotopic (exact) mass is 287 g/mol. The number of amides is 1. The van der Waals surface area contributed by atoms with Crippen molar-refractivity contribution in [3.8, 4) is 0 Å². The zero-order valence-electron chi connectivity index (χ0n) is 12.7. The van der Waals surface area contributed by atoms with E-state index in [2.05, 4.69) is 18.3 Å². The van der Waals surface area contributed by atoms with Crippen molar-refractivity contribution in [3.63, 3.8) is 0 Å². The third-order valence-corrected chi connectivity index (χ3v) is 4.21. The number of fused-ring (bicyclic) bond motifs is 1. The Morgan fingerprint density at radius 2 is 2.05 bits per heavy atom. The first-order valence-corrected chi connectivity index (χ1v) is 7.39. The Morgan fingerprint density at radius 1 is 1.33 bits per heavy atom. The molecule has 0 bridgehead atoms. The normalized spacial score (nSPS) is 16.1. The maximum Gasteiger partial charge on any atom is 0.287 e. The third kappa shape index (κ3) is 2.95. The Balaban J connectivity index is 1.80. The first-order chi connectivity index (χ1) is 10.1. The molecule has 1 aliphatic rings. The minimum Gasteiger partial charge on any atom is -0.451 e. The highest BCUT2D eigenvalue weighted by Crippen LogP contribution is 2.33. The van der Waals surface area contributed by atoms with Crippen LogP contribution >= 0.6 is 0 Å². The molecule has 1 aliphatic carbocycles. The maximum atomic E-state index is 12.3. The fourth-order valence-corrected chi connectivity index (χ4v) is 2.63. The summed E-state index contributed by atoms with van der Waals surface area (Å²) >= 11 is 0. The smallest absolute Gasteiger partial charge is 0.287 e. The van der Waals surface area contributed by atoms with Crippen LogP contribution in [0.4, 0.5) is 0 Å². The van der Waals surface area contributed by atoms with Crippen molar-refractivity contribution in [2.45, 2.75) is 32.7 Å². The number of carbonyl (C=O) groups excluding carboxylic acids is 1. The second-order valence-corrected chi connectivity index (χ2v) is 5.96. The van der Waals surface area contributed by atoms with Gasteiger partial charge in [0, 0.05) is 12.5 Å². The number of ether oxygens (including phenoxy) is 1. The van der Waals surface area contributed by atoms with Crippen LogP contribution in [-0.4, -0.2) is 25.7 Å². The minimum absolute atomic E-state index is 0.0826. The van der Waals surface area contributed by atoms with Crippen molar-refractivity contribution in [2.75, 3.05) is 13.7 Å². The molecule has 3 rings (SSSR count). The standard InChI is InChI=1S/C17H21NO3/c1-10-6-13-8-16(21-15(13)7-11(10)2)17(19)18-14(9-20-3)12-4-5-12/h6-8,12,14H,4-5,9H2,1-3H3,(H,18,19). The molecule has 1 aromatic carbocycles. The number of hydrogen-bond acceptors (Lipinski definition) is 3. The molecule has 4 nitrogen and oxygen atoms in total. The van der Waals surface area contributed by atoms with Gasteiger partial charge in [-0.1, -0.05) is 0 Å². The van der Waals surface area contributed by atoms with Crippen molar-refractivity contribution in [3.05, 3.63) is 35.1 Å². The molecule has 2 aromatic rings. The van der Waals surface area contributed by atoms with E-state index < -0.39 is 0 Å². The Kier molecular flexibility index (Phi) is 3.72. The molecule has 0 spiro atoms. The number of hydrogen-bond donors (Lipinski definition) is 1. The average molecular weight is 287 g/mol. The summed E-state index contributed by atoms with van der Waals surface area (Å²) in [6.07, 6.45) is 2.32. The first kappa shape index (κ1) is 14.1. The molecule has 1 aromatic heterocycles. The van der Waals surface area contributed by atoms with Crippen molar-refractivity contribution < 1.29 is 13.9 Å². The summed E-state index contributed by atoms with van der Waals surface area (Å²) in [6, 6.07) is 5.93. The van der Waals surface area contributed by atoms with Crippen molar-refractivity contribution in [1.82, 2.24) is 5.32 Å². The lowest BCUT2D eigenvalue weighted by molar-refractivity contribution is 0.0859. The van der Waals surface area contributed by atoms with Gasteiger partial charge in [-0.3, -0.25) is 4.79 Å². The molecule has 0 saturated heterocycles.